The summed E-state index contributed by atoms with van der Waals surface area (Å²) in [5.41, 5.74) is 2.39. The molecule has 0 saturated carbocycles. The summed E-state index contributed by atoms with van der Waals surface area (Å²) in [6.45, 7) is 6.17. The topological polar surface area (TPSA) is 77.0 Å². The van der Waals surface area contributed by atoms with Crippen molar-refractivity contribution in [2.45, 2.75) is 32.4 Å². The zero-order valence-electron chi connectivity index (χ0n) is 16.9. The second-order valence-corrected chi connectivity index (χ2v) is 7.95. The number of carbonyl (C=O) groups excluding carboxylic acids is 1. The number of hydrogen-bond acceptors (Lipinski definition) is 4. The number of thiophene rings is 1. The van der Waals surface area contributed by atoms with Gasteiger partial charge in [0.1, 0.15) is 12.1 Å². The van der Waals surface area contributed by atoms with E-state index in [-0.39, 0.29) is 36.4 Å². The molecule has 0 radical (unpaired) electrons. The number of amides is 1. The van der Waals surface area contributed by atoms with Gasteiger partial charge >= 0.3 is 0 Å². The Hall–Kier alpha value is -1.65. The number of guanidine groups is 1. The van der Waals surface area contributed by atoms with Gasteiger partial charge in [0, 0.05) is 19.6 Å². The first kappa shape index (κ1) is 23.6. The second-order valence-electron chi connectivity index (χ2n) is 7.17. The minimum atomic E-state index is -1.00. The van der Waals surface area contributed by atoms with Gasteiger partial charge in [-0.3, -0.25) is 4.79 Å². The number of nitrogens with zero attached hydrogens (tertiary/aromatic N) is 2. The molecule has 1 atom stereocenters. The van der Waals surface area contributed by atoms with Crippen molar-refractivity contribution in [1.29, 1.82) is 0 Å². The van der Waals surface area contributed by atoms with Gasteiger partial charge in [0.05, 0.1) is 6.54 Å². The number of nitrogens with one attached hydrogen (secondary N) is 2. The molecule has 29 heavy (non-hydrogen) atoms. The summed E-state index contributed by atoms with van der Waals surface area (Å²) >= 11 is 1.55. The molecule has 2 heterocycles. The lowest BCUT2D eigenvalue weighted by atomic mass is 9.99. The maximum absolute atomic E-state index is 12.6. The van der Waals surface area contributed by atoms with Crippen molar-refractivity contribution < 1.29 is 9.90 Å². The van der Waals surface area contributed by atoms with E-state index in [4.69, 9.17) is 0 Å². The molecular formula is C21H29IN4O2S. The molecule has 1 unspecified atom stereocenters. The number of rotatable bonds is 6. The van der Waals surface area contributed by atoms with Crippen LogP contribution in [0.5, 0.6) is 0 Å². The van der Waals surface area contributed by atoms with Crippen LogP contribution in [-0.4, -0.2) is 48.1 Å². The quantitative estimate of drug-likeness (QED) is 0.306. The molecule has 158 valence electrons. The van der Waals surface area contributed by atoms with Crippen LogP contribution in [-0.2, 0) is 23.4 Å². The monoisotopic (exact) mass is 528 g/mol. The van der Waals surface area contributed by atoms with Crippen LogP contribution >= 0.6 is 35.3 Å². The molecule has 0 spiro atoms. The van der Waals surface area contributed by atoms with Gasteiger partial charge in [-0.15, -0.1) is 24.0 Å². The maximum atomic E-state index is 12.6. The highest BCUT2D eigenvalue weighted by atomic mass is 127. The Morgan fingerprint density at radius 2 is 2.03 bits per heavy atom. The van der Waals surface area contributed by atoms with E-state index in [1.165, 1.54) is 11.1 Å². The number of hydrogen-bond donors (Lipinski definition) is 3. The van der Waals surface area contributed by atoms with E-state index in [1.807, 2.05) is 40.8 Å². The molecule has 3 rings (SSSR count). The predicted molar refractivity (Wildman–Crippen MR) is 129 cm³/mol. The van der Waals surface area contributed by atoms with Crippen molar-refractivity contribution in [3.63, 3.8) is 0 Å². The average Bonchev–Trinajstić information content (AvgIpc) is 3.25. The fourth-order valence-electron chi connectivity index (χ4n) is 3.23. The first-order valence-corrected chi connectivity index (χ1v) is 10.6. The van der Waals surface area contributed by atoms with Gasteiger partial charge in [-0.25, -0.2) is 4.99 Å². The highest BCUT2D eigenvalue weighted by molar-refractivity contribution is 14.0. The van der Waals surface area contributed by atoms with Gasteiger partial charge in [-0.05, 0) is 53.8 Å². The Bertz CT molecular complexity index is 824. The van der Waals surface area contributed by atoms with Gasteiger partial charge in [-0.2, -0.15) is 11.3 Å². The number of carbonyl (C=O) groups is 1. The van der Waals surface area contributed by atoms with Crippen molar-refractivity contribution in [3.8, 4) is 0 Å². The summed E-state index contributed by atoms with van der Waals surface area (Å²) in [5.74, 6) is 0.542. The van der Waals surface area contributed by atoms with Gasteiger partial charge in [-0.1, -0.05) is 24.3 Å². The maximum Gasteiger partial charge on any atom is 0.244 e. The minimum Gasteiger partial charge on any atom is -0.384 e. The summed E-state index contributed by atoms with van der Waals surface area (Å²) in [5, 5.41) is 20.8. The molecule has 1 amide bonds. The molecule has 2 aromatic rings. The number of halogens is 1. The van der Waals surface area contributed by atoms with Crippen LogP contribution < -0.4 is 10.6 Å². The minimum absolute atomic E-state index is 0. The lowest BCUT2D eigenvalue weighted by molar-refractivity contribution is -0.130. The van der Waals surface area contributed by atoms with E-state index in [2.05, 4.69) is 27.8 Å². The van der Waals surface area contributed by atoms with Crippen LogP contribution in [0, 0.1) is 0 Å². The normalized spacial score (nSPS) is 15.7. The van der Waals surface area contributed by atoms with E-state index in [0.29, 0.717) is 25.6 Å². The van der Waals surface area contributed by atoms with Crippen LogP contribution in [0.4, 0.5) is 0 Å². The Labute approximate surface area is 193 Å². The van der Waals surface area contributed by atoms with Crippen LogP contribution in [0.1, 0.15) is 30.5 Å². The standard InChI is InChI=1S/C21H28N4O2S.HI/c1-3-22-20(24-15-21(2,27)18-9-11-28-14-18)23-12-19(26)25-10-8-16-6-4-5-7-17(16)13-25;/h4-7,9,11,14,27H,3,8,10,12-13,15H2,1-2H3,(H2,22,23,24);1H. The van der Waals surface area contributed by atoms with Gasteiger partial charge in [0.15, 0.2) is 5.96 Å². The zero-order valence-corrected chi connectivity index (χ0v) is 20.0. The van der Waals surface area contributed by atoms with E-state index in [9.17, 15) is 9.90 Å². The number of fused-ring (bicyclic) bond motifs is 1. The van der Waals surface area contributed by atoms with Crippen molar-refractivity contribution in [3.05, 3.63) is 57.8 Å². The van der Waals surface area contributed by atoms with Crippen LogP contribution in [0.3, 0.4) is 0 Å². The largest absolute Gasteiger partial charge is 0.384 e. The van der Waals surface area contributed by atoms with Crippen molar-refractivity contribution in [2.24, 2.45) is 4.99 Å². The summed E-state index contributed by atoms with van der Waals surface area (Å²) in [6.07, 6.45) is 0.882. The van der Waals surface area contributed by atoms with Gasteiger partial charge < -0.3 is 20.6 Å². The third-order valence-electron chi connectivity index (χ3n) is 4.94. The van der Waals surface area contributed by atoms with E-state index < -0.39 is 5.60 Å². The summed E-state index contributed by atoms with van der Waals surface area (Å²) in [6, 6.07) is 10.2. The molecule has 0 fully saturated rings. The highest BCUT2D eigenvalue weighted by Gasteiger charge is 2.24. The third-order valence-corrected chi connectivity index (χ3v) is 5.63. The van der Waals surface area contributed by atoms with E-state index in [0.717, 1.165) is 18.5 Å². The fraction of sp³-hybridized carbons (Fsp3) is 0.429. The Kier molecular flexibility index (Phi) is 8.91. The lowest BCUT2D eigenvalue weighted by Gasteiger charge is -2.28. The van der Waals surface area contributed by atoms with Crippen LogP contribution in [0.25, 0.3) is 0 Å². The van der Waals surface area contributed by atoms with Crippen molar-refractivity contribution in [2.75, 3.05) is 26.2 Å². The zero-order chi connectivity index (χ0) is 20.0. The van der Waals surface area contributed by atoms with Crippen molar-refractivity contribution in [1.82, 2.24) is 15.5 Å². The molecule has 8 heteroatoms. The Balaban J connectivity index is 0.00000300. The van der Waals surface area contributed by atoms with Crippen molar-refractivity contribution >= 4 is 47.2 Å². The van der Waals surface area contributed by atoms with Crippen LogP contribution in [0.2, 0.25) is 0 Å². The Morgan fingerprint density at radius 1 is 1.28 bits per heavy atom. The third kappa shape index (κ3) is 6.42. The lowest BCUT2D eigenvalue weighted by Crippen LogP contribution is -2.45. The van der Waals surface area contributed by atoms with E-state index in [1.54, 1.807) is 18.3 Å². The van der Waals surface area contributed by atoms with E-state index >= 15 is 0 Å². The number of aliphatic hydroxyl groups is 1. The van der Waals surface area contributed by atoms with Gasteiger partial charge in [0.25, 0.3) is 0 Å². The number of benzene rings is 1. The predicted octanol–water partition coefficient (Wildman–Crippen LogP) is 2.71. The summed E-state index contributed by atoms with van der Waals surface area (Å²) < 4.78 is 0. The molecule has 0 aliphatic carbocycles. The molecule has 0 bridgehead atoms. The first-order chi connectivity index (χ1) is 13.5. The molecule has 1 aromatic heterocycles. The SMILES string of the molecule is CCNC(=NCC(=O)N1CCc2ccccc2C1)NCC(C)(O)c1ccsc1.I. The molecule has 1 aromatic carbocycles. The Morgan fingerprint density at radius 3 is 2.72 bits per heavy atom. The molecule has 1 aliphatic heterocycles. The molecule has 0 saturated heterocycles. The smallest absolute Gasteiger partial charge is 0.244 e. The van der Waals surface area contributed by atoms with Gasteiger partial charge in [0.2, 0.25) is 5.91 Å². The molecular weight excluding hydrogens is 499 g/mol. The molecule has 1 aliphatic rings. The molecule has 3 N–H and O–H groups in total. The summed E-state index contributed by atoms with van der Waals surface area (Å²) in [4.78, 5) is 18.9. The fourth-order valence-corrected chi connectivity index (χ4v) is 4.01. The second kappa shape index (κ2) is 10.9. The van der Waals surface area contributed by atoms with Crippen LogP contribution in [0.15, 0.2) is 46.1 Å². The number of aliphatic imine (C=N–C) groups is 1. The molecule has 6 nitrogen and oxygen atoms in total. The average molecular weight is 528 g/mol. The highest BCUT2D eigenvalue weighted by Crippen LogP contribution is 2.22. The first-order valence-electron chi connectivity index (χ1n) is 9.61. The summed E-state index contributed by atoms with van der Waals surface area (Å²) in [7, 11) is 0.